The molecule has 3 aromatic rings. The molecule has 0 unspecified atom stereocenters. The number of nitrogens with zero attached hydrogens (tertiary/aromatic N) is 1. The summed E-state index contributed by atoms with van der Waals surface area (Å²) in [4.78, 5) is 0. The standard InChI is InChI=1S/C13H9N2/c1-2-6-11-10(4-1)5-3-7-12(11)13-8-9-14-15-13/h1-8H,(H,14,15). The van der Waals surface area contributed by atoms with Gasteiger partial charge in [0.05, 0.1) is 11.9 Å². The third kappa shape index (κ3) is 1.31. The molecular weight excluding hydrogens is 184 g/mol. The molecule has 0 saturated carbocycles. The summed E-state index contributed by atoms with van der Waals surface area (Å²) in [5.74, 6) is 0. The number of hydrogen-bond acceptors (Lipinski definition) is 1. The lowest BCUT2D eigenvalue weighted by Gasteiger charge is -2.02. The van der Waals surface area contributed by atoms with Gasteiger partial charge in [-0.1, -0.05) is 42.5 Å². The average Bonchev–Trinajstić information content (AvgIpc) is 2.82. The Bertz CT molecular complexity index is 577. The lowest BCUT2D eigenvalue weighted by Crippen LogP contribution is -1.80. The number of aromatic amines is 1. The smallest absolute Gasteiger partial charge is 0.0934 e. The molecule has 0 bridgehead atoms. The van der Waals surface area contributed by atoms with Crippen LogP contribution in [-0.4, -0.2) is 10.2 Å². The summed E-state index contributed by atoms with van der Waals surface area (Å²) >= 11 is 0. The minimum atomic E-state index is 0.937. The average molecular weight is 193 g/mol. The maximum absolute atomic E-state index is 4.16. The summed E-state index contributed by atoms with van der Waals surface area (Å²) in [7, 11) is 0. The fourth-order valence-electron chi connectivity index (χ4n) is 1.81. The molecule has 0 aliphatic rings. The van der Waals surface area contributed by atoms with Crippen molar-refractivity contribution in [2.45, 2.75) is 0 Å². The summed E-state index contributed by atoms with van der Waals surface area (Å²) < 4.78 is 0. The second kappa shape index (κ2) is 3.24. The molecule has 2 aromatic carbocycles. The third-order valence-corrected chi connectivity index (χ3v) is 2.52. The van der Waals surface area contributed by atoms with E-state index >= 15 is 0 Å². The van der Waals surface area contributed by atoms with Crippen molar-refractivity contribution in [1.29, 1.82) is 0 Å². The molecule has 3 rings (SSSR count). The molecule has 1 aromatic heterocycles. The van der Waals surface area contributed by atoms with Gasteiger partial charge in [-0.05, 0) is 16.8 Å². The second-order valence-corrected chi connectivity index (χ2v) is 3.42. The van der Waals surface area contributed by atoms with E-state index in [2.05, 4.69) is 40.7 Å². The van der Waals surface area contributed by atoms with Crippen molar-refractivity contribution in [3.05, 3.63) is 54.7 Å². The van der Waals surface area contributed by atoms with Gasteiger partial charge in [-0.25, -0.2) is 0 Å². The lowest BCUT2D eigenvalue weighted by atomic mass is 10.0. The molecule has 0 fully saturated rings. The van der Waals surface area contributed by atoms with Crippen molar-refractivity contribution in [2.24, 2.45) is 0 Å². The van der Waals surface area contributed by atoms with E-state index in [9.17, 15) is 0 Å². The quantitative estimate of drug-likeness (QED) is 0.632. The number of fused-ring (bicyclic) bond motifs is 1. The zero-order valence-corrected chi connectivity index (χ0v) is 8.07. The van der Waals surface area contributed by atoms with Crippen LogP contribution in [0.25, 0.3) is 22.0 Å². The van der Waals surface area contributed by atoms with E-state index in [1.807, 2.05) is 24.3 Å². The summed E-state index contributed by atoms with van der Waals surface area (Å²) in [6, 6.07) is 16.4. The van der Waals surface area contributed by atoms with Gasteiger partial charge in [-0.2, -0.15) is 5.10 Å². The highest BCUT2D eigenvalue weighted by molar-refractivity contribution is 5.95. The van der Waals surface area contributed by atoms with Crippen LogP contribution in [0.2, 0.25) is 0 Å². The molecule has 2 heteroatoms. The largest absolute Gasteiger partial charge is 0.276 e. The van der Waals surface area contributed by atoms with Crippen molar-refractivity contribution in [3.63, 3.8) is 0 Å². The fraction of sp³-hybridized carbons (Fsp3) is 0. The Labute approximate surface area is 87.6 Å². The van der Waals surface area contributed by atoms with Crippen LogP contribution in [0.15, 0.2) is 48.5 Å². The lowest BCUT2D eigenvalue weighted by molar-refractivity contribution is 1.09. The summed E-state index contributed by atoms with van der Waals surface area (Å²) in [6.07, 6.45) is 2.86. The maximum Gasteiger partial charge on any atom is 0.0934 e. The van der Waals surface area contributed by atoms with Gasteiger partial charge in [0.15, 0.2) is 0 Å². The van der Waals surface area contributed by atoms with Crippen LogP contribution in [-0.2, 0) is 0 Å². The molecule has 0 amide bonds. The summed E-state index contributed by atoms with van der Waals surface area (Å²) in [6.45, 7) is 0. The topological polar surface area (TPSA) is 28.7 Å². The predicted octanol–water partition coefficient (Wildman–Crippen LogP) is 3.03. The Balaban J connectivity index is 2.36. The van der Waals surface area contributed by atoms with Gasteiger partial charge < -0.3 is 0 Å². The number of nitrogens with one attached hydrogen (secondary N) is 1. The first-order valence-corrected chi connectivity index (χ1v) is 4.85. The predicted molar refractivity (Wildman–Crippen MR) is 60.4 cm³/mol. The monoisotopic (exact) mass is 193 g/mol. The molecule has 71 valence electrons. The van der Waals surface area contributed by atoms with Crippen LogP contribution in [0.1, 0.15) is 0 Å². The Morgan fingerprint density at radius 2 is 1.87 bits per heavy atom. The highest BCUT2D eigenvalue weighted by Gasteiger charge is 2.03. The number of benzene rings is 2. The molecule has 2 nitrogen and oxygen atoms in total. The zero-order valence-electron chi connectivity index (χ0n) is 8.07. The minimum absolute atomic E-state index is 0.937. The van der Waals surface area contributed by atoms with Crippen molar-refractivity contribution >= 4 is 10.8 Å². The maximum atomic E-state index is 4.16. The van der Waals surface area contributed by atoms with E-state index in [1.165, 1.54) is 10.8 Å². The molecule has 15 heavy (non-hydrogen) atoms. The van der Waals surface area contributed by atoms with E-state index in [4.69, 9.17) is 0 Å². The Morgan fingerprint density at radius 1 is 1.00 bits per heavy atom. The van der Waals surface area contributed by atoms with E-state index in [0.717, 1.165) is 11.3 Å². The Hall–Kier alpha value is -2.09. The molecule has 1 heterocycles. The van der Waals surface area contributed by atoms with E-state index in [0.29, 0.717) is 0 Å². The van der Waals surface area contributed by atoms with Gasteiger partial charge in [0.1, 0.15) is 0 Å². The van der Waals surface area contributed by atoms with Crippen LogP contribution >= 0.6 is 0 Å². The summed E-state index contributed by atoms with van der Waals surface area (Å²) in [5, 5.41) is 9.33. The SMILES string of the molecule is [c]1cc(-c2cccc3ccccc23)n[nH]1. The van der Waals surface area contributed by atoms with Gasteiger partial charge in [0.2, 0.25) is 0 Å². The van der Waals surface area contributed by atoms with E-state index in [-0.39, 0.29) is 0 Å². The van der Waals surface area contributed by atoms with E-state index in [1.54, 1.807) is 0 Å². The Kier molecular flexibility index (Phi) is 1.78. The van der Waals surface area contributed by atoms with Gasteiger partial charge in [-0.15, -0.1) is 0 Å². The van der Waals surface area contributed by atoms with Crippen molar-refractivity contribution in [3.8, 4) is 11.3 Å². The molecule has 0 spiro atoms. The first-order valence-electron chi connectivity index (χ1n) is 4.85. The zero-order chi connectivity index (χ0) is 10.1. The van der Waals surface area contributed by atoms with Crippen molar-refractivity contribution in [2.75, 3.05) is 0 Å². The minimum Gasteiger partial charge on any atom is -0.276 e. The highest BCUT2D eigenvalue weighted by Crippen LogP contribution is 2.26. The molecule has 0 aliphatic carbocycles. The summed E-state index contributed by atoms with van der Waals surface area (Å²) in [5.41, 5.74) is 2.08. The molecule has 0 saturated heterocycles. The van der Waals surface area contributed by atoms with Crippen molar-refractivity contribution in [1.82, 2.24) is 10.2 Å². The van der Waals surface area contributed by atoms with Gasteiger partial charge in [-0.3, -0.25) is 5.10 Å². The van der Waals surface area contributed by atoms with Gasteiger partial charge in [0, 0.05) is 5.56 Å². The van der Waals surface area contributed by atoms with Gasteiger partial charge in [0.25, 0.3) is 0 Å². The van der Waals surface area contributed by atoms with Crippen LogP contribution < -0.4 is 0 Å². The molecule has 1 radical (unpaired) electrons. The van der Waals surface area contributed by atoms with Crippen LogP contribution in [0, 0.1) is 6.20 Å². The first kappa shape index (κ1) is 8.24. The molecule has 1 N–H and O–H groups in total. The number of hydrogen-bond donors (Lipinski definition) is 1. The number of aromatic nitrogens is 2. The number of rotatable bonds is 1. The third-order valence-electron chi connectivity index (χ3n) is 2.52. The van der Waals surface area contributed by atoms with E-state index < -0.39 is 0 Å². The van der Waals surface area contributed by atoms with Crippen LogP contribution in [0.4, 0.5) is 0 Å². The highest BCUT2D eigenvalue weighted by atomic mass is 15.1. The van der Waals surface area contributed by atoms with Gasteiger partial charge >= 0.3 is 0 Å². The van der Waals surface area contributed by atoms with Crippen molar-refractivity contribution < 1.29 is 0 Å². The first-order chi connectivity index (χ1) is 7.45. The molecular formula is C13H9N2. The molecule has 0 atom stereocenters. The van der Waals surface area contributed by atoms with Crippen LogP contribution in [0.3, 0.4) is 0 Å². The number of H-pyrrole nitrogens is 1. The normalized spacial score (nSPS) is 10.7. The Morgan fingerprint density at radius 3 is 2.73 bits per heavy atom. The molecule has 0 aliphatic heterocycles. The second-order valence-electron chi connectivity index (χ2n) is 3.42. The fourth-order valence-corrected chi connectivity index (χ4v) is 1.81. The van der Waals surface area contributed by atoms with Crippen LogP contribution in [0.5, 0.6) is 0 Å².